The normalized spacial score (nSPS) is 15.0. The van der Waals surface area contributed by atoms with Crippen LogP contribution in [-0.4, -0.2) is 53.1 Å². The first kappa shape index (κ1) is 22.0. The number of carbonyl (C=O) groups excluding carboxylic acids is 1. The van der Waals surface area contributed by atoms with Crippen LogP contribution in [0.15, 0.2) is 53.1 Å². The zero-order chi connectivity index (χ0) is 22.5. The van der Waals surface area contributed by atoms with Gasteiger partial charge in [0.25, 0.3) is 0 Å². The Balaban J connectivity index is 1.27. The number of hydrogen-bond donors (Lipinski definition) is 0. The van der Waals surface area contributed by atoms with Crippen LogP contribution >= 0.6 is 0 Å². The van der Waals surface area contributed by atoms with Crippen molar-refractivity contribution in [3.63, 3.8) is 0 Å². The Morgan fingerprint density at radius 3 is 2.62 bits per heavy atom. The van der Waals surface area contributed by atoms with Crippen molar-refractivity contribution in [1.82, 2.24) is 19.9 Å². The molecule has 0 saturated carbocycles. The quantitative estimate of drug-likeness (QED) is 0.561. The standard InChI is InChI=1S/C25H30N4O3/c1-18-5-4-6-21(15-18)24-26-23(32-27-24)17-29-13-11-20(12-14-29)25(30)28(2)16-19-7-9-22(31-3)10-8-19/h4-10,15,20H,11-14,16-17H2,1-3H3. The second-order valence-electron chi connectivity index (χ2n) is 8.47. The summed E-state index contributed by atoms with van der Waals surface area (Å²) in [7, 11) is 3.53. The molecule has 2 aromatic carbocycles. The van der Waals surface area contributed by atoms with Crippen LogP contribution in [0.25, 0.3) is 11.4 Å². The van der Waals surface area contributed by atoms with Gasteiger partial charge in [0, 0.05) is 25.1 Å². The number of piperidine rings is 1. The Bertz CT molecular complexity index is 1040. The fourth-order valence-electron chi connectivity index (χ4n) is 4.14. The van der Waals surface area contributed by atoms with E-state index in [2.05, 4.69) is 15.0 Å². The Labute approximate surface area is 189 Å². The van der Waals surface area contributed by atoms with Gasteiger partial charge in [-0.05, 0) is 56.6 Å². The summed E-state index contributed by atoms with van der Waals surface area (Å²) in [6.45, 7) is 4.95. The van der Waals surface area contributed by atoms with Gasteiger partial charge in [-0.15, -0.1) is 0 Å². The van der Waals surface area contributed by atoms with Crippen molar-refractivity contribution in [3.05, 3.63) is 65.5 Å². The monoisotopic (exact) mass is 434 g/mol. The molecule has 3 aromatic rings. The van der Waals surface area contributed by atoms with Crippen LogP contribution in [0.2, 0.25) is 0 Å². The highest BCUT2D eigenvalue weighted by Crippen LogP contribution is 2.23. The highest BCUT2D eigenvalue weighted by atomic mass is 16.5. The van der Waals surface area contributed by atoms with Crippen molar-refractivity contribution in [3.8, 4) is 17.1 Å². The van der Waals surface area contributed by atoms with E-state index in [0.717, 1.165) is 48.4 Å². The summed E-state index contributed by atoms with van der Waals surface area (Å²) >= 11 is 0. The van der Waals surface area contributed by atoms with Crippen molar-refractivity contribution >= 4 is 5.91 Å². The van der Waals surface area contributed by atoms with Gasteiger partial charge in [0.15, 0.2) is 0 Å². The Kier molecular flexibility index (Phi) is 6.85. The Morgan fingerprint density at radius 2 is 1.94 bits per heavy atom. The lowest BCUT2D eigenvalue weighted by Crippen LogP contribution is -2.40. The number of rotatable bonds is 7. The van der Waals surface area contributed by atoms with E-state index in [1.165, 1.54) is 0 Å². The van der Waals surface area contributed by atoms with Crippen molar-refractivity contribution in [2.75, 3.05) is 27.2 Å². The summed E-state index contributed by atoms with van der Waals surface area (Å²) < 4.78 is 10.7. The molecule has 32 heavy (non-hydrogen) atoms. The van der Waals surface area contributed by atoms with Crippen LogP contribution in [0.1, 0.15) is 29.9 Å². The van der Waals surface area contributed by atoms with Gasteiger partial charge in [-0.2, -0.15) is 4.98 Å². The maximum atomic E-state index is 12.9. The molecular weight excluding hydrogens is 404 g/mol. The summed E-state index contributed by atoms with van der Waals surface area (Å²) in [5.74, 6) is 2.32. The van der Waals surface area contributed by atoms with E-state index >= 15 is 0 Å². The number of benzene rings is 2. The molecule has 0 N–H and O–H groups in total. The number of amides is 1. The third-order valence-corrected chi connectivity index (χ3v) is 6.00. The molecule has 4 rings (SSSR count). The van der Waals surface area contributed by atoms with E-state index in [-0.39, 0.29) is 11.8 Å². The molecule has 0 unspecified atom stereocenters. The second-order valence-corrected chi connectivity index (χ2v) is 8.47. The molecule has 0 radical (unpaired) electrons. The topological polar surface area (TPSA) is 71.7 Å². The summed E-state index contributed by atoms with van der Waals surface area (Å²) in [5, 5.41) is 4.13. The van der Waals surface area contributed by atoms with E-state index in [1.807, 2.05) is 67.4 Å². The summed E-state index contributed by atoms with van der Waals surface area (Å²) in [4.78, 5) is 21.6. The fourth-order valence-corrected chi connectivity index (χ4v) is 4.14. The van der Waals surface area contributed by atoms with E-state index in [4.69, 9.17) is 9.26 Å². The van der Waals surface area contributed by atoms with Crippen LogP contribution < -0.4 is 4.74 Å². The third-order valence-electron chi connectivity index (χ3n) is 6.00. The highest BCUT2D eigenvalue weighted by Gasteiger charge is 2.28. The van der Waals surface area contributed by atoms with Gasteiger partial charge in [-0.25, -0.2) is 0 Å². The fraction of sp³-hybridized carbons (Fsp3) is 0.400. The average molecular weight is 435 g/mol. The Hall–Kier alpha value is -3.19. The lowest BCUT2D eigenvalue weighted by molar-refractivity contribution is -0.136. The van der Waals surface area contributed by atoms with Gasteiger partial charge in [-0.3, -0.25) is 9.69 Å². The first-order valence-electron chi connectivity index (χ1n) is 11.0. The number of carbonyl (C=O) groups is 1. The maximum absolute atomic E-state index is 12.9. The highest BCUT2D eigenvalue weighted by molar-refractivity contribution is 5.78. The number of hydrogen-bond acceptors (Lipinski definition) is 6. The largest absolute Gasteiger partial charge is 0.497 e. The molecule has 0 aliphatic carbocycles. The van der Waals surface area contributed by atoms with E-state index in [9.17, 15) is 4.79 Å². The van der Waals surface area contributed by atoms with Crippen molar-refractivity contribution < 1.29 is 14.1 Å². The van der Waals surface area contributed by atoms with Gasteiger partial charge in [0.2, 0.25) is 17.6 Å². The zero-order valence-corrected chi connectivity index (χ0v) is 19.0. The summed E-state index contributed by atoms with van der Waals surface area (Å²) in [6.07, 6.45) is 1.68. The van der Waals surface area contributed by atoms with Gasteiger partial charge >= 0.3 is 0 Å². The maximum Gasteiger partial charge on any atom is 0.241 e. The van der Waals surface area contributed by atoms with Crippen LogP contribution in [0.5, 0.6) is 5.75 Å². The van der Waals surface area contributed by atoms with E-state index in [1.54, 1.807) is 7.11 Å². The lowest BCUT2D eigenvalue weighted by atomic mass is 9.95. The smallest absolute Gasteiger partial charge is 0.241 e. The molecule has 1 amide bonds. The van der Waals surface area contributed by atoms with E-state index < -0.39 is 0 Å². The van der Waals surface area contributed by atoms with Crippen molar-refractivity contribution in [2.24, 2.45) is 5.92 Å². The number of likely N-dealkylation sites (tertiary alicyclic amines) is 1. The average Bonchev–Trinajstić information content (AvgIpc) is 3.28. The molecule has 7 heteroatoms. The summed E-state index contributed by atoms with van der Waals surface area (Å²) in [6, 6.07) is 15.9. The van der Waals surface area contributed by atoms with Crippen LogP contribution in [-0.2, 0) is 17.9 Å². The number of aryl methyl sites for hydroxylation is 1. The zero-order valence-electron chi connectivity index (χ0n) is 19.0. The minimum absolute atomic E-state index is 0.0556. The third kappa shape index (κ3) is 5.34. The molecule has 1 aliphatic rings. The predicted molar refractivity (Wildman–Crippen MR) is 122 cm³/mol. The predicted octanol–water partition coefficient (Wildman–Crippen LogP) is 3.92. The SMILES string of the molecule is COc1ccc(CN(C)C(=O)C2CCN(Cc3nc(-c4cccc(C)c4)no3)CC2)cc1. The molecule has 168 valence electrons. The summed E-state index contributed by atoms with van der Waals surface area (Å²) in [5.41, 5.74) is 3.22. The molecule has 0 atom stereocenters. The Morgan fingerprint density at radius 1 is 1.19 bits per heavy atom. The minimum atomic E-state index is 0.0556. The van der Waals surface area contributed by atoms with Crippen molar-refractivity contribution in [2.45, 2.75) is 32.9 Å². The van der Waals surface area contributed by atoms with Gasteiger partial charge in [0.05, 0.1) is 13.7 Å². The molecule has 1 aromatic heterocycles. The van der Waals surface area contributed by atoms with Crippen LogP contribution in [0.4, 0.5) is 0 Å². The lowest BCUT2D eigenvalue weighted by Gasteiger charge is -2.32. The molecule has 1 aliphatic heterocycles. The molecule has 7 nitrogen and oxygen atoms in total. The number of methoxy groups -OCH3 is 1. The number of nitrogens with zero attached hydrogens (tertiary/aromatic N) is 4. The van der Waals surface area contributed by atoms with Crippen molar-refractivity contribution in [1.29, 1.82) is 0 Å². The van der Waals surface area contributed by atoms with Gasteiger partial charge in [-0.1, -0.05) is 41.1 Å². The molecule has 0 spiro atoms. The minimum Gasteiger partial charge on any atom is -0.497 e. The number of ether oxygens (including phenoxy) is 1. The molecule has 2 heterocycles. The second kappa shape index (κ2) is 9.96. The van der Waals surface area contributed by atoms with E-state index in [0.29, 0.717) is 24.8 Å². The molecule has 1 saturated heterocycles. The van der Waals surface area contributed by atoms with Gasteiger partial charge in [0.1, 0.15) is 5.75 Å². The molecule has 0 bridgehead atoms. The molecular formula is C25H30N4O3. The first-order valence-corrected chi connectivity index (χ1v) is 11.0. The number of aromatic nitrogens is 2. The molecule has 1 fully saturated rings. The first-order chi connectivity index (χ1) is 15.5. The van der Waals surface area contributed by atoms with Crippen LogP contribution in [0, 0.1) is 12.8 Å². The van der Waals surface area contributed by atoms with Crippen LogP contribution in [0.3, 0.4) is 0 Å². The van der Waals surface area contributed by atoms with Gasteiger partial charge < -0.3 is 14.2 Å².